The number of hydrogen-bond acceptors (Lipinski definition) is 8. The molecule has 1 aromatic carbocycles. The predicted octanol–water partition coefficient (Wildman–Crippen LogP) is 5.15. The Labute approximate surface area is 235 Å². The molecule has 0 fully saturated rings. The molecule has 0 atom stereocenters. The third-order valence-electron chi connectivity index (χ3n) is 6.25. The molecule has 222 valence electrons. The minimum absolute atomic E-state index is 0.407. The van der Waals surface area contributed by atoms with E-state index >= 15 is 0 Å². The van der Waals surface area contributed by atoms with Gasteiger partial charge in [-0.1, -0.05) is 82.1 Å². The molecule has 0 unspecified atom stereocenters. The molecule has 0 aliphatic rings. The summed E-state index contributed by atoms with van der Waals surface area (Å²) in [4.78, 5) is 0. The maximum atomic E-state index is 5.92. The van der Waals surface area contributed by atoms with Gasteiger partial charge in [0.05, 0.1) is 72.2 Å². The zero-order valence-electron chi connectivity index (χ0n) is 24.2. The lowest BCUT2D eigenvalue weighted by atomic mass is 10.1. The Hall–Kier alpha value is -2.04. The summed E-state index contributed by atoms with van der Waals surface area (Å²) in [5.74, 6) is 0.924. The summed E-state index contributed by atoms with van der Waals surface area (Å²) < 4.78 is 29.5. The minimum atomic E-state index is 0.407. The van der Waals surface area contributed by atoms with E-state index in [0.717, 1.165) is 30.0 Å². The van der Waals surface area contributed by atoms with E-state index in [2.05, 4.69) is 29.4 Å². The fourth-order valence-corrected chi connectivity index (χ4v) is 4.06. The molecule has 2 N–H and O–H groups in total. The van der Waals surface area contributed by atoms with E-state index < -0.39 is 0 Å². The van der Waals surface area contributed by atoms with Gasteiger partial charge in [-0.2, -0.15) is 0 Å². The number of ether oxygens (including phenoxy) is 5. The van der Waals surface area contributed by atoms with Gasteiger partial charge in [-0.25, -0.2) is 4.68 Å². The molecule has 0 radical (unpaired) electrons. The number of aromatic nitrogens is 3. The maximum absolute atomic E-state index is 5.92. The number of rotatable bonds is 27. The van der Waals surface area contributed by atoms with Gasteiger partial charge in [-0.15, -0.1) is 5.10 Å². The molecule has 9 nitrogen and oxygen atoms in total. The van der Waals surface area contributed by atoms with Crippen molar-refractivity contribution in [1.82, 2.24) is 15.0 Å². The Balaban J connectivity index is 1.45. The first-order chi connectivity index (χ1) is 19.3. The van der Waals surface area contributed by atoms with Gasteiger partial charge in [0.2, 0.25) is 0 Å². The van der Waals surface area contributed by atoms with Gasteiger partial charge in [-0.05, 0) is 24.1 Å². The van der Waals surface area contributed by atoms with Crippen LogP contribution in [0.25, 0.3) is 0 Å². The molecule has 39 heavy (non-hydrogen) atoms. The van der Waals surface area contributed by atoms with E-state index in [4.69, 9.17) is 29.4 Å². The van der Waals surface area contributed by atoms with Crippen LogP contribution in [0.1, 0.15) is 82.4 Å². The largest absolute Gasteiger partial charge is 0.494 e. The van der Waals surface area contributed by atoms with Gasteiger partial charge in [0.1, 0.15) is 11.4 Å². The lowest BCUT2D eigenvalue weighted by Gasteiger charge is -2.07. The van der Waals surface area contributed by atoms with Crippen molar-refractivity contribution in [1.29, 1.82) is 0 Å². The number of nitrogens with two attached hydrogens (primary N) is 1. The first-order valence-corrected chi connectivity index (χ1v) is 14.9. The smallest absolute Gasteiger partial charge is 0.119 e. The fraction of sp³-hybridized carbons (Fsp3) is 0.733. The van der Waals surface area contributed by atoms with Gasteiger partial charge in [0, 0.05) is 6.54 Å². The molecule has 0 amide bonds. The minimum Gasteiger partial charge on any atom is -0.494 e. The molecule has 1 aromatic heterocycles. The van der Waals surface area contributed by atoms with Crippen LogP contribution in [0.3, 0.4) is 0 Å². The van der Waals surface area contributed by atoms with Gasteiger partial charge < -0.3 is 29.4 Å². The average molecular weight is 549 g/mol. The molecular formula is C30H52N4O5. The summed E-state index contributed by atoms with van der Waals surface area (Å²) in [6.07, 6.45) is 15.2. The summed E-state index contributed by atoms with van der Waals surface area (Å²) in [7, 11) is 0. The highest BCUT2D eigenvalue weighted by molar-refractivity contribution is 5.27. The highest BCUT2D eigenvalue weighted by Crippen LogP contribution is 2.15. The molecular weight excluding hydrogens is 496 g/mol. The molecule has 0 spiro atoms. The van der Waals surface area contributed by atoms with Crippen molar-refractivity contribution in [3.63, 3.8) is 0 Å². The quantitative estimate of drug-likeness (QED) is 0.153. The van der Waals surface area contributed by atoms with Crippen LogP contribution < -0.4 is 10.5 Å². The summed E-state index contributed by atoms with van der Waals surface area (Å²) >= 11 is 0. The van der Waals surface area contributed by atoms with Crippen LogP contribution in [-0.2, 0) is 32.1 Å². The van der Waals surface area contributed by atoms with E-state index in [1.807, 2.05) is 23.0 Å². The maximum Gasteiger partial charge on any atom is 0.119 e. The molecule has 0 saturated carbocycles. The summed E-state index contributed by atoms with van der Waals surface area (Å²) in [5.41, 5.74) is 7.30. The summed E-state index contributed by atoms with van der Waals surface area (Å²) in [6.45, 7) is 8.38. The Morgan fingerprint density at radius 3 is 1.85 bits per heavy atom. The third kappa shape index (κ3) is 18.0. The molecule has 0 aliphatic heterocycles. The Bertz CT molecular complexity index is 803. The zero-order chi connectivity index (χ0) is 27.6. The highest BCUT2D eigenvalue weighted by atomic mass is 16.6. The average Bonchev–Trinajstić information content (AvgIpc) is 3.40. The summed E-state index contributed by atoms with van der Waals surface area (Å²) in [5, 5.41) is 8.40. The van der Waals surface area contributed by atoms with E-state index in [1.165, 1.54) is 57.8 Å². The van der Waals surface area contributed by atoms with Crippen LogP contribution in [0.4, 0.5) is 0 Å². The molecule has 9 heteroatoms. The second-order valence-electron chi connectivity index (χ2n) is 9.76. The number of nitrogens with zero attached hydrogens (tertiary/aromatic N) is 3. The van der Waals surface area contributed by atoms with Crippen molar-refractivity contribution >= 4 is 0 Å². The Kier molecular flexibility index (Phi) is 20.3. The highest BCUT2D eigenvalue weighted by Gasteiger charge is 2.03. The van der Waals surface area contributed by atoms with Gasteiger partial charge in [0.25, 0.3) is 0 Å². The lowest BCUT2D eigenvalue weighted by Crippen LogP contribution is -2.14. The van der Waals surface area contributed by atoms with Crippen LogP contribution in [0, 0.1) is 0 Å². The topological polar surface area (TPSA) is 103 Å². The summed E-state index contributed by atoms with van der Waals surface area (Å²) in [6, 6.07) is 8.24. The van der Waals surface area contributed by atoms with Crippen LogP contribution in [-0.4, -0.2) is 74.4 Å². The number of benzene rings is 1. The third-order valence-corrected chi connectivity index (χ3v) is 6.25. The molecule has 2 aromatic rings. The van der Waals surface area contributed by atoms with Crippen molar-refractivity contribution in [2.75, 3.05) is 59.4 Å². The van der Waals surface area contributed by atoms with E-state index in [-0.39, 0.29) is 0 Å². The van der Waals surface area contributed by atoms with Crippen molar-refractivity contribution in [2.24, 2.45) is 5.73 Å². The standard InChI is InChI=1S/C30H52N4O5/c1-2-3-4-5-6-7-8-9-10-11-17-39-30-14-12-28(13-15-30)25-34-26-29(32-33-34)27-38-24-23-37-22-21-36-20-19-35-18-16-31/h12-15,26H,2-11,16-25,27,31H2,1H3. The van der Waals surface area contributed by atoms with E-state index in [9.17, 15) is 0 Å². The Morgan fingerprint density at radius 1 is 0.667 bits per heavy atom. The molecule has 0 saturated heterocycles. The van der Waals surface area contributed by atoms with Crippen molar-refractivity contribution < 1.29 is 23.7 Å². The predicted molar refractivity (Wildman–Crippen MR) is 154 cm³/mol. The van der Waals surface area contributed by atoms with Crippen molar-refractivity contribution in [3.05, 3.63) is 41.7 Å². The fourth-order valence-electron chi connectivity index (χ4n) is 4.06. The number of unbranched alkanes of at least 4 members (excludes halogenated alkanes) is 9. The first kappa shape index (κ1) is 33.2. The Morgan fingerprint density at radius 2 is 1.23 bits per heavy atom. The second kappa shape index (κ2) is 23.8. The van der Waals surface area contributed by atoms with Crippen LogP contribution in [0.15, 0.2) is 30.5 Å². The first-order valence-electron chi connectivity index (χ1n) is 14.9. The molecule has 2 rings (SSSR count). The van der Waals surface area contributed by atoms with Crippen LogP contribution in [0.5, 0.6) is 5.75 Å². The van der Waals surface area contributed by atoms with Crippen molar-refractivity contribution in [2.45, 2.75) is 84.3 Å². The molecule has 0 bridgehead atoms. The van der Waals surface area contributed by atoms with Crippen molar-refractivity contribution in [3.8, 4) is 5.75 Å². The van der Waals surface area contributed by atoms with Gasteiger partial charge in [-0.3, -0.25) is 0 Å². The van der Waals surface area contributed by atoms with Gasteiger partial charge >= 0.3 is 0 Å². The van der Waals surface area contributed by atoms with Crippen LogP contribution in [0.2, 0.25) is 0 Å². The van der Waals surface area contributed by atoms with Gasteiger partial charge in [0.15, 0.2) is 0 Å². The van der Waals surface area contributed by atoms with E-state index in [1.54, 1.807) is 0 Å². The van der Waals surface area contributed by atoms with E-state index in [0.29, 0.717) is 65.9 Å². The molecule has 1 heterocycles. The zero-order valence-corrected chi connectivity index (χ0v) is 24.2. The molecule has 0 aliphatic carbocycles. The second-order valence-corrected chi connectivity index (χ2v) is 9.76. The number of hydrogen-bond donors (Lipinski definition) is 1. The SMILES string of the molecule is CCCCCCCCCCCCOc1ccc(Cn2cc(COCCOCCOCCOCCN)nn2)cc1. The lowest BCUT2D eigenvalue weighted by molar-refractivity contribution is -0.00370. The normalized spacial score (nSPS) is 11.3. The monoisotopic (exact) mass is 548 g/mol. The van der Waals surface area contributed by atoms with Crippen LogP contribution >= 0.6 is 0 Å².